The molecule has 0 bridgehead atoms. The Balaban J connectivity index is 2.42. The fourth-order valence-electron chi connectivity index (χ4n) is 5.93. The number of carbonyl (C=O) groups excluding carboxylic acids is 3. The van der Waals surface area contributed by atoms with E-state index in [1.165, 1.54) is 0 Å². The van der Waals surface area contributed by atoms with Crippen LogP contribution in [0.4, 0.5) is 0 Å². The number of aliphatic hydroxyl groups is 1. The number of hydrogen-bond donors (Lipinski definition) is 2. The van der Waals surface area contributed by atoms with E-state index >= 15 is 0 Å². The summed E-state index contributed by atoms with van der Waals surface area (Å²) in [5, 5.41) is 12.6. The van der Waals surface area contributed by atoms with Crippen molar-refractivity contribution in [2.75, 3.05) is 19.8 Å². The first-order valence-electron chi connectivity index (χ1n) is 12.4. The molecule has 0 radical (unpaired) electrons. The molecule has 0 saturated carbocycles. The van der Waals surface area contributed by atoms with Crippen LogP contribution in [0.25, 0.3) is 0 Å². The number of rotatable bonds is 10. The van der Waals surface area contributed by atoms with E-state index in [1.807, 2.05) is 26.0 Å². The van der Waals surface area contributed by atoms with Gasteiger partial charge in [0.05, 0.1) is 18.4 Å². The lowest BCUT2D eigenvalue weighted by atomic mass is 9.68. The number of allylic oxidation sites excluding steroid dienone is 1. The van der Waals surface area contributed by atoms with Crippen LogP contribution >= 0.6 is 0 Å². The fraction of sp³-hybridized carbons (Fsp3) is 0.808. The Morgan fingerprint density at radius 1 is 1.15 bits per heavy atom. The van der Waals surface area contributed by atoms with E-state index in [-0.39, 0.29) is 48.9 Å². The minimum Gasteiger partial charge on any atom is -0.466 e. The molecule has 0 aromatic carbocycles. The molecule has 1 saturated heterocycles. The molecular weight excluding hydrogens is 420 g/mol. The molecule has 33 heavy (non-hydrogen) atoms. The Morgan fingerprint density at radius 2 is 1.82 bits per heavy atom. The third-order valence-corrected chi connectivity index (χ3v) is 6.55. The number of nitrogens with zero attached hydrogens (tertiary/aromatic N) is 1. The highest BCUT2D eigenvalue weighted by atomic mass is 16.5. The quantitative estimate of drug-likeness (QED) is 0.382. The zero-order valence-corrected chi connectivity index (χ0v) is 21.5. The van der Waals surface area contributed by atoms with Gasteiger partial charge in [0, 0.05) is 24.6 Å². The molecule has 0 aromatic heterocycles. The summed E-state index contributed by atoms with van der Waals surface area (Å²) >= 11 is 0. The van der Waals surface area contributed by atoms with E-state index in [1.54, 1.807) is 11.8 Å². The number of carbonyl (C=O) groups is 3. The zero-order chi connectivity index (χ0) is 25.0. The molecule has 0 unspecified atom stereocenters. The van der Waals surface area contributed by atoms with Crippen LogP contribution in [0.2, 0.25) is 0 Å². The Kier molecular flexibility index (Phi) is 9.14. The summed E-state index contributed by atoms with van der Waals surface area (Å²) in [5.41, 5.74) is -0.433. The van der Waals surface area contributed by atoms with Gasteiger partial charge in [-0.15, -0.1) is 0 Å². The number of amides is 2. The van der Waals surface area contributed by atoms with Crippen molar-refractivity contribution in [1.82, 2.24) is 10.2 Å². The molecule has 188 valence electrons. The van der Waals surface area contributed by atoms with Crippen LogP contribution < -0.4 is 5.32 Å². The first-order valence-corrected chi connectivity index (χ1v) is 12.4. The van der Waals surface area contributed by atoms with Crippen LogP contribution in [0.3, 0.4) is 0 Å². The second-order valence-electron chi connectivity index (χ2n) is 11.4. The lowest BCUT2D eigenvalue weighted by Gasteiger charge is -2.37. The number of fused-ring (bicyclic) bond motifs is 1. The molecule has 7 nitrogen and oxygen atoms in total. The maximum atomic E-state index is 13.6. The summed E-state index contributed by atoms with van der Waals surface area (Å²) in [6.45, 7) is 14.7. The van der Waals surface area contributed by atoms with Crippen LogP contribution in [0.5, 0.6) is 0 Å². The Hall–Kier alpha value is -1.89. The van der Waals surface area contributed by atoms with Crippen LogP contribution in [0, 0.1) is 29.1 Å². The molecule has 5 atom stereocenters. The van der Waals surface area contributed by atoms with Gasteiger partial charge in [-0.3, -0.25) is 14.4 Å². The third-order valence-electron chi connectivity index (χ3n) is 6.55. The minimum absolute atomic E-state index is 0.0223. The SMILES string of the molecule is CCC[C@@H]1C=C[C@H]2[C@H](C(=O)N(CCCO)[C@@H]2C(=O)NC(C)(C)CC(C)(C)C)[C@@H]1C(=O)OCC. The molecule has 2 aliphatic rings. The Bertz CT molecular complexity index is 739. The number of likely N-dealkylation sites (tertiary alicyclic amines) is 1. The molecule has 0 aromatic rings. The van der Waals surface area contributed by atoms with Gasteiger partial charge in [-0.05, 0) is 51.4 Å². The molecule has 0 spiro atoms. The summed E-state index contributed by atoms with van der Waals surface area (Å²) < 4.78 is 5.38. The lowest BCUT2D eigenvalue weighted by Crippen LogP contribution is -2.54. The maximum absolute atomic E-state index is 13.6. The van der Waals surface area contributed by atoms with Crippen LogP contribution in [-0.2, 0) is 19.1 Å². The van der Waals surface area contributed by atoms with Crippen molar-refractivity contribution in [1.29, 1.82) is 0 Å². The predicted molar refractivity (Wildman–Crippen MR) is 128 cm³/mol. The van der Waals surface area contributed by atoms with Gasteiger partial charge in [-0.1, -0.05) is 46.3 Å². The van der Waals surface area contributed by atoms with E-state index in [0.717, 1.165) is 19.3 Å². The van der Waals surface area contributed by atoms with E-state index in [0.29, 0.717) is 6.42 Å². The third kappa shape index (κ3) is 6.58. The maximum Gasteiger partial charge on any atom is 0.310 e. The van der Waals surface area contributed by atoms with Gasteiger partial charge in [-0.25, -0.2) is 0 Å². The van der Waals surface area contributed by atoms with Gasteiger partial charge in [0.2, 0.25) is 11.8 Å². The van der Waals surface area contributed by atoms with Crippen molar-refractivity contribution in [3.63, 3.8) is 0 Å². The van der Waals surface area contributed by atoms with Crippen molar-refractivity contribution < 1.29 is 24.2 Å². The second kappa shape index (κ2) is 11.0. The average molecular weight is 465 g/mol. The summed E-state index contributed by atoms with van der Waals surface area (Å²) in [7, 11) is 0. The minimum atomic E-state index is -0.705. The number of esters is 1. The number of nitrogens with one attached hydrogen (secondary N) is 1. The molecular formula is C26H44N2O5. The first kappa shape index (κ1) is 27.4. The van der Waals surface area contributed by atoms with Gasteiger partial charge in [0.15, 0.2) is 0 Å². The van der Waals surface area contributed by atoms with E-state index in [4.69, 9.17) is 4.74 Å². The summed E-state index contributed by atoms with van der Waals surface area (Å²) in [6.07, 6.45) is 6.80. The first-order chi connectivity index (χ1) is 15.4. The highest BCUT2D eigenvalue weighted by molar-refractivity contribution is 5.96. The normalized spacial score (nSPS) is 27.5. The summed E-state index contributed by atoms with van der Waals surface area (Å²) in [5.74, 6) is -2.45. The molecule has 2 amide bonds. The molecule has 1 aliphatic heterocycles. The monoisotopic (exact) mass is 464 g/mol. The van der Waals surface area contributed by atoms with Gasteiger partial charge in [0.25, 0.3) is 0 Å². The van der Waals surface area contributed by atoms with Crippen molar-refractivity contribution >= 4 is 17.8 Å². The number of aliphatic hydroxyl groups excluding tert-OH is 1. The second-order valence-corrected chi connectivity index (χ2v) is 11.4. The standard InChI is InChI=1S/C26H44N2O5/c1-8-11-17-12-13-18-20(19(17)24(32)33-9-2)23(31)28(14-10-15-29)21(18)22(30)27-26(6,7)16-25(3,4)5/h12-13,17-21,29H,8-11,14-16H2,1-7H3,(H,27,30)/t17-,18+,19-,20+,21+/m1/s1. The molecule has 2 rings (SSSR count). The molecule has 7 heteroatoms. The summed E-state index contributed by atoms with van der Waals surface area (Å²) in [6, 6.07) is -0.705. The van der Waals surface area contributed by atoms with Crippen LogP contribution in [0.15, 0.2) is 12.2 Å². The van der Waals surface area contributed by atoms with Crippen LogP contribution in [0.1, 0.15) is 74.1 Å². The molecule has 1 aliphatic carbocycles. The number of hydrogen-bond acceptors (Lipinski definition) is 5. The Morgan fingerprint density at radius 3 is 2.36 bits per heavy atom. The smallest absolute Gasteiger partial charge is 0.310 e. The van der Waals surface area contributed by atoms with Gasteiger partial charge >= 0.3 is 5.97 Å². The van der Waals surface area contributed by atoms with Crippen molar-refractivity contribution in [2.24, 2.45) is 29.1 Å². The fourth-order valence-corrected chi connectivity index (χ4v) is 5.93. The van der Waals surface area contributed by atoms with Crippen molar-refractivity contribution in [2.45, 2.75) is 85.7 Å². The molecule has 1 fully saturated rings. The van der Waals surface area contributed by atoms with Gasteiger partial charge < -0.3 is 20.1 Å². The molecule has 1 heterocycles. The summed E-state index contributed by atoms with van der Waals surface area (Å²) in [4.78, 5) is 41.8. The highest BCUT2D eigenvalue weighted by Crippen LogP contribution is 2.45. The topological polar surface area (TPSA) is 95.9 Å². The highest BCUT2D eigenvalue weighted by Gasteiger charge is 2.57. The Labute approximate surface area is 199 Å². The molecule has 2 N–H and O–H groups in total. The predicted octanol–water partition coefficient (Wildman–Crippen LogP) is 3.31. The van der Waals surface area contributed by atoms with Crippen molar-refractivity contribution in [3.8, 4) is 0 Å². The average Bonchev–Trinajstić information content (AvgIpc) is 2.96. The van der Waals surface area contributed by atoms with Gasteiger partial charge in [-0.2, -0.15) is 0 Å². The lowest BCUT2D eigenvalue weighted by molar-refractivity contribution is -0.155. The van der Waals surface area contributed by atoms with E-state index < -0.39 is 29.3 Å². The number of ether oxygens (including phenoxy) is 1. The van der Waals surface area contributed by atoms with Crippen molar-refractivity contribution in [3.05, 3.63) is 12.2 Å². The zero-order valence-electron chi connectivity index (χ0n) is 21.5. The van der Waals surface area contributed by atoms with Crippen LogP contribution in [-0.4, -0.2) is 59.1 Å². The largest absolute Gasteiger partial charge is 0.466 e. The van der Waals surface area contributed by atoms with E-state index in [9.17, 15) is 19.5 Å². The van der Waals surface area contributed by atoms with E-state index in [2.05, 4.69) is 33.0 Å². The van der Waals surface area contributed by atoms with Gasteiger partial charge in [0.1, 0.15) is 6.04 Å².